The number of benzene rings is 2. The van der Waals surface area contributed by atoms with Gasteiger partial charge in [-0.05, 0) is 62.4 Å². The van der Waals surface area contributed by atoms with Crippen molar-refractivity contribution in [2.45, 2.75) is 20.0 Å². The van der Waals surface area contributed by atoms with Crippen LogP contribution in [0.1, 0.15) is 19.5 Å². The van der Waals surface area contributed by atoms with E-state index >= 15 is 0 Å². The maximum absolute atomic E-state index is 6.13. The molecule has 162 valence electrons. The van der Waals surface area contributed by atoms with Gasteiger partial charge in [0.15, 0.2) is 0 Å². The number of methoxy groups -OCH3 is 1. The van der Waals surface area contributed by atoms with Crippen LogP contribution in [-0.2, 0) is 0 Å². The number of nitrogens with two attached hydrogens (primary N) is 1. The first-order valence-corrected chi connectivity index (χ1v) is 10.2. The fourth-order valence-electron chi connectivity index (χ4n) is 3.10. The molecule has 8 heteroatoms. The summed E-state index contributed by atoms with van der Waals surface area (Å²) >= 11 is 0. The molecule has 32 heavy (non-hydrogen) atoms. The molecule has 4 aromatic rings. The average Bonchev–Trinajstić information content (AvgIpc) is 3.29. The smallest absolute Gasteiger partial charge is 0.150 e. The number of pyridine rings is 1. The summed E-state index contributed by atoms with van der Waals surface area (Å²) in [6, 6.07) is 18.7. The molecule has 0 atom stereocenters. The van der Waals surface area contributed by atoms with E-state index in [1.54, 1.807) is 18.0 Å². The van der Waals surface area contributed by atoms with E-state index in [-0.39, 0.29) is 6.10 Å². The quantitative estimate of drug-likeness (QED) is 0.350. The minimum absolute atomic E-state index is 0.0299. The minimum Gasteiger partial charge on any atom is -0.497 e. The van der Waals surface area contributed by atoms with Crippen molar-refractivity contribution in [1.82, 2.24) is 20.0 Å². The molecule has 2 heterocycles. The Morgan fingerprint density at radius 3 is 2.56 bits per heavy atom. The van der Waals surface area contributed by atoms with Gasteiger partial charge in [0, 0.05) is 17.8 Å². The summed E-state index contributed by atoms with van der Waals surface area (Å²) < 4.78 is 13.0. The summed E-state index contributed by atoms with van der Waals surface area (Å²) in [5.41, 5.74) is 9.78. The van der Waals surface area contributed by atoms with E-state index in [1.807, 2.05) is 80.7 Å². The van der Waals surface area contributed by atoms with Crippen LogP contribution < -0.4 is 15.2 Å². The summed E-state index contributed by atoms with van der Waals surface area (Å²) in [4.78, 5) is 8.74. The summed E-state index contributed by atoms with van der Waals surface area (Å²) in [6.45, 7) is 3.94. The first kappa shape index (κ1) is 21.0. The van der Waals surface area contributed by atoms with Crippen molar-refractivity contribution in [2.24, 2.45) is 10.7 Å². The van der Waals surface area contributed by atoms with E-state index in [2.05, 4.69) is 20.3 Å². The number of aliphatic imine (C=N–C) groups is 1. The third-order valence-corrected chi connectivity index (χ3v) is 4.61. The Bertz CT molecular complexity index is 1220. The van der Waals surface area contributed by atoms with Crippen molar-refractivity contribution in [3.05, 3.63) is 78.8 Å². The third-order valence-electron chi connectivity index (χ3n) is 4.61. The molecule has 0 saturated heterocycles. The molecule has 2 N–H and O–H groups in total. The van der Waals surface area contributed by atoms with Crippen LogP contribution in [0.4, 0.5) is 5.69 Å². The number of amidine groups is 1. The van der Waals surface area contributed by atoms with Crippen molar-refractivity contribution >= 4 is 11.5 Å². The second kappa shape index (κ2) is 9.30. The Kier molecular flexibility index (Phi) is 6.12. The van der Waals surface area contributed by atoms with E-state index in [0.717, 1.165) is 17.0 Å². The van der Waals surface area contributed by atoms with E-state index < -0.39 is 0 Å². The van der Waals surface area contributed by atoms with Crippen LogP contribution in [0.25, 0.3) is 16.9 Å². The van der Waals surface area contributed by atoms with Gasteiger partial charge in [-0.15, -0.1) is 5.10 Å². The zero-order chi connectivity index (χ0) is 22.5. The predicted octanol–water partition coefficient (Wildman–Crippen LogP) is 4.16. The van der Waals surface area contributed by atoms with Gasteiger partial charge in [-0.25, -0.2) is 9.67 Å². The number of hydrogen-bond acceptors (Lipinski definition) is 6. The first-order chi connectivity index (χ1) is 15.5. The Morgan fingerprint density at radius 1 is 1.06 bits per heavy atom. The predicted molar refractivity (Wildman–Crippen MR) is 124 cm³/mol. The van der Waals surface area contributed by atoms with Crippen LogP contribution in [0, 0.1) is 0 Å². The average molecular weight is 428 g/mol. The molecule has 0 aliphatic carbocycles. The number of nitrogens with zero attached hydrogens (tertiary/aromatic N) is 5. The zero-order valence-corrected chi connectivity index (χ0v) is 18.1. The number of rotatable bonds is 7. The van der Waals surface area contributed by atoms with E-state index in [1.165, 1.54) is 0 Å². The SMILES string of the molecule is COc1ccc(-n2cc(-c3ccc(N=C(N)c4ccccn4)cc3OC(C)C)nn2)cc1. The van der Waals surface area contributed by atoms with Gasteiger partial charge in [0.05, 0.1) is 30.8 Å². The topological polar surface area (TPSA) is 100 Å². The molecule has 8 nitrogen and oxygen atoms in total. The fraction of sp³-hybridized carbons (Fsp3) is 0.167. The van der Waals surface area contributed by atoms with Gasteiger partial charge in [-0.1, -0.05) is 11.3 Å². The second-order valence-corrected chi connectivity index (χ2v) is 7.31. The van der Waals surface area contributed by atoms with Crippen molar-refractivity contribution in [3.63, 3.8) is 0 Å². The molecule has 0 unspecified atom stereocenters. The maximum Gasteiger partial charge on any atom is 0.150 e. The van der Waals surface area contributed by atoms with Crippen LogP contribution in [0.2, 0.25) is 0 Å². The molecule has 0 fully saturated rings. The minimum atomic E-state index is -0.0299. The van der Waals surface area contributed by atoms with Crippen LogP contribution in [0.3, 0.4) is 0 Å². The monoisotopic (exact) mass is 428 g/mol. The molecule has 0 amide bonds. The Balaban J connectivity index is 1.67. The number of ether oxygens (including phenoxy) is 2. The maximum atomic E-state index is 6.13. The van der Waals surface area contributed by atoms with Crippen molar-refractivity contribution in [3.8, 4) is 28.4 Å². The van der Waals surface area contributed by atoms with Gasteiger partial charge in [0.25, 0.3) is 0 Å². The van der Waals surface area contributed by atoms with Crippen LogP contribution >= 0.6 is 0 Å². The summed E-state index contributed by atoms with van der Waals surface area (Å²) in [5, 5.41) is 8.61. The zero-order valence-electron chi connectivity index (χ0n) is 18.1. The standard InChI is InChI=1S/C24H24N6O2/c1-16(2)32-23-14-17(27-24(25)21-6-4-5-13-26-21)7-12-20(23)22-15-30(29-28-22)18-8-10-19(31-3)11-9-18/h4-16H,1-3H3,(H2,25,27). The van der Waals surface area contributed by atoms with Crippen LogP contribution in [-0.4, -0.2) is 39.0 Å². The Labute approximate surface area is 186 Å². The third kappa shape index (κ3) is 4.75. The molecule has 0 spiro atoms. The number of aromatic nitrogens is 4. The largest absolute Gasteiger partial charge is 0.497 e. The lowest BCUT2D eigenvalue weighted by Crippen LogP contribution is -2.14. The van der Waals surface area contributed by atoms with Crippen molar-refractivity contribution in [1.29, 1.82) is 0 Å². The highest BCUT2D eigenvalue weighted by Crippen LogP contribution is 2.33. The molecule has 2 aromatic heterocycles. The van der Waals surface area contributed by atoms with Crippen LogP contribution in [0.15, 0.2) is 78.0 Å². The lowest BCUT2D eigenvalue weighted by Gasteiger charge is -2.14. The molecule has 0 bridgehead atoms. The normalized spacial score (nSPS) is 11.6. The van der Waals surface area contributed by atoms with Gasteiger partial charge in [-0.2, -0.15) is 0 Å². The highest BCUT2D eigenvalue weighted by Gasteiger charge is 2.14. The van der Waals surface area contributed by atoms with E-state index in [4.69, 9.17) is 15.2 Å². The Hall–Kier alpha value is -4.20. The summed E-state index contributed by atoms with van der Waals surface area (Å²) in [7, 11) is 1.64. The second-order valence-electron chi connectivity index (χ2n) is 7.31. The fourth-order valence-corrected chi connectivity index (χ4v) is 3.10. The summed E-state index contributed by atoms with van der Waals surface area (Å²) in [6.07, 6.45) is 3.51. The lowest BCUT2D eigenvalue weighted by atomic mass is 10.1. The van der Waals surface area contributed by atoms with Gasteiger partial charge in [0.2, 0.25) is 0 Å². The summed E-state index contributed by atoms with van der Waals surface area (Å²) in [5.74, 6) is 1.76. The molecule has 4 rings (SSSR count). The molecule has 0 radical (unpaired) electrons. The molecule has 0 aliphatic heterocycles. The Morgan fingerprint density at radius 2 is 1.88 bits per heavy atom. The van der Waals surface area contributed by atoms with Crippen molar-refractivity contribution in [2.75, 3.05) is 7.11 Å². The highest BCUT2D eigenvalue weighted by atomic mass is 16.5. The van der Waals surface area contributed by atoms with Gasteiger partial charge in [-0.3, -0.25) is 4.98 Å². The molecule has 2 aromatic carbocycles. The van der Waals surface area contributed by atoms with Gasteiger partial charge in [0.1, 0.15) is 28.7 Å². The molecular formula is C24H24N6O2. The molecule has 0 saturated carbocycles. The van der Waals surface area contributed by atoms with E-state index in [9.17, 15) is 0 Å². The molecular weight excluding hydrogens is 404 g/mol. The highest BCUT2D eigenvalue weighted by molar-refractivity contribution is 5.97. The van der Waals surface area contributed by atoms with Crippen LogP contribution in [0.5, 0.6) is 11.5 Å². The molecule has 0 aliphatic rings. The van der Waals surface area contributed by atoms with Crippen molar-refractivity contribution < 1.29 is 9.47 Å². The van der Waals surface area contributed by atoms with Gasteiger partial charge < -0.3 is 15.2 Å². The first-order valence-electron chi connectivity index (χ1n) is 10.2. The van der Waals surface area contributed by atoms with E-state index in [0.29, 0.717) is 28.7 Å². The van der Waals surface area contributed by atoms with Gasteiger partial charge >= 0.3 is 0 Å². The number of hydrogen-bond donors (Lipinski definition) is 1. The lowest BCUT2D eigenvalue weighted by molar-refractivity contribution is 0.243.